The number of nitrogens with one attached hydrogen (secondary N) is 1. The smallest absolute Gasteiger partial charge is 0.393 e. The van der Waals surface area contributed by atoms with Crippen LogP contribution in [-0.2, 0) is 6.54 Å². The van der Waals surface area contributed by atoms with Gasteiger partial charge in [-0.3, -0.25) is 4.90 Å². The lowest BCUT2D eigenvalue weighted by Crippen LogP contribution is -2.39. The van der Waals surface area contributed by atoms with Crippen LogP contribution in [-0.4, -0.2) is 40.7 Å². The van der Waals surface area contributed by atoms with Gasteiger partial charge in [0, 0.05) is 30.7 Å². The second kappa shape index (κ2) is 7.80. The molecule has 0 fully saturated rings. The van der Waals surface area contributed by atoms with Crippen molar-refractivity contribution in [3.8, 4) is 6.08 Å². The Morgan fingerprint density at radius 1 is 1.24 bits per heavy atom. The molecule has 1 heterocycles. The highest BCUT2D eigenvalue weighted by Crippen LogP contribution is 2.12. The summed E-state index contributed by atoms with van der Waals surface area (Å²) in [5.74, 6) is 0. The fraction of sp³-hybridized carbons (Fsp3) is 0.812. The Balaban J connectivity index is 2.38. The van der Waals surface area contributed by atoms with Gasteiger partial charge in [0.1, 0.15) is 12.9 Å². The van der Waals surface area contributed by atoms with E-state index in [1.54, 1.807) is 6.26 Å². The molecule has 1 rings (SSSR count). The highest BCUT2D eigenvalue weighted by Gasteiger charge is 2.14. The molecule has 122 valence electrons. The molecule has 0 atom stereocenters. The number of aromatic nitrogens is 1. The third-order valence-corrected chi connectivity index (χ3v) is 3.23. The zero-order valence-electron chi connectivity index (χ0n) is 14.6. The van der Waals surface area contributed by atoms with E-state index >= 15 is 0 Å². The summed E-state index contributed by atoms with van der Waals surface area (Å²) in [6, 6.07) is 1.01. The van der Waals surface area contributed by atoms with E-state index in [9.17, 15) is 0 Å². The van der Waals surface area contributed by atoms with E-state index in [0.717, 1.165) is 12.2 Å². The van der Waals surface area contributed by atoms with Crippen molar-refractivity contribution in [3.63, 3.8) is 0 Å². The number of rotatable bonds is 8. The average molecular weight is 297 g/mol. The van der Waals surface area contributed by atoms with Crippen LogP contribution in [0.1, 0.15) is 54.2 Å². The van der Waals surface area contributed by atoms with E-state index in [1.807, 2.05) is 0 Å². The molecule has 0 amide bonds. The van der Waals surface area contributed by atoms with Gasteiger partial charge < -0.3 is 14.5 Å². The van der Waals surface area contributed by atoms with Crippen LogP contribution in [0.4, 0.5) is 0 Å². The predicted octanol–water partition coefficient (Wildman–Crippen LogP) is 3.06. The second-order valence-corrected chi connectivity index (χ2v) is 6.98. The first-order valence-corrected chi connectivity index (χ1v) is 7.77. The van der Waals surface area contributed by atoms with E-state index in [0.29, 0.717) is 31.3 Å². The SMILES string of the molecule is CC(C)N(CCOc1nc(CNC(C)(C)C)co1)C(C)C. The Kier molecular flexibility index (Phi) is 6.68. The molecule has 0 aliphatic carbocycles. The van der Waals surface area contributed by atoms with Crippen LogP contribution in [0.25, 0.3) is 0 Å². The maximum Gasteiger partial charge on any atom is 0.393 e. The van der Waals surface area contributed by atoms with Gasteiger partial charge in [0.05, 0.1) is 5.69 Å². The summed E-state index contributed by atoms with van der Waals surface area (Å²) in [6.45, 7) is 17.3. The van der Waals surface area contributed by atoms with Crippen LogP contribution in [0.15, 0.2) is 10.7 Å². The molecule has 0 aromatic carbocycles. The zero-order valence-corrected chi connectivity index (χ0v) is 14.6. The highest BCUT2D eigenvalue weighted by atomic mass is 16.6. The van der Waals surface area contributed by atoms with Crippen LogP contribution >= 0.6 is 0 Å². The lowest BCUT2D eigenvalue weighted by Gasteiger charge is -2.29. The molecule has 1 N–H and O–H groups in total. The van der Waals surface area contributed by atoms with Gasteiger partial charge in [-0.05, 0) is 48.5 Å². The van der Waals surface area contributed by atoms with Gasteiger partial charge in [-0.15, -0.1) is 0 Å². The third-order valence-electron chi connectivity index (χ3n) is 3.23. The second-order valence-electron chi connectivity index (χ2n) is 6.98. The van der Waals surface area contributed by atoms with Gasteiger partial charge >= 0.3 is 6.08 Å². The van der Waals surface area contributed by atoms with Gasteiger partial charge in [-0.2, -0.15) is 4.98 Å². The number of hydrogen-bond acceptors (Lipinski definition) is 5. The minimum absolute atomic E-state index is 0.0645. The average Bonchev–Trinajstić information content (AvgIpc) is 2.78. The Bertz CT molecular complexity index is 400. The number of nitrogens with zero attached hydrogens (tertiary/aromatic N) is 2. The first-order chi connectivity index (χ1) is 9.69. The zero-order chi connectivity index (χ0) is 16.0. The van der Waals surface area contributed by atoms with Gasteiger partial charge in [0.15, 0.2) is 0 Å². The molecule has 21 heavy (non-hydrogen) atoms. The van der Waals surface area contributed by atoms with E-state index in [-0.39, 0.29) is 5.54 Å². The molecule has 5 heteroatoms. The summed E-state index contributed by atoms with van der Waals surface area (Å²) in [5.41, 5.74) is 0.930. The quantitative estimate of drug-likeness (QED) is 0.799. The molecule has 0 bridgehead atoms. The van der Waals surface area contributed by atoms with Gasteiger partial charge in [0.25, 0.3) is 0 Å². The lowest BCUT2D eigenvalue weighted by atomic mass is 10.1. The van der Waals surface area contributed by atoms with Crippen molar-refractivity contribution >= 4 is 0 Å². The third kappa shape index (κ3) is 6.96. The van der Waals surface area contributed by atoms with Crippen LogP contribution < -0.4 is 10.1 Å². The standard InChI is InChI=1S/C16H31N3O2/c1-12(2)19(13(3)4)8-9-20-15-18-14(11-21-15)10-17-16(5,6)7/h11-13,17H,8-10H2,1-7H3. The fourth-order valence-electron chi connectivity index (χ4n) is 2.14. The molecule has 0 radical (unpaired) electrons. The summed E-state index contributed by atoms with van der Waals surface area (Å²) in [6.07, 6.45) is 2.00. The number of oxazole rings is 1. The van der Waals surface area contributed by atoms with Gasteiger partial charge in [-0.1, -0.05) is 0 Å². The molecular formula is C16H31N3O2. The monoisotopic (exact) mass is 297 g/mol. The summed E-state index contributed by atoms with van der Waals surface area (Å²) in [7, 11) is 0. The summed E-state index contributed by atoms with van der Waals surface area (Å²) in [4.78, 5) is 6.71. The Morgan fingerprint density at radius 2 is 1.86 bits per heavy atom. The molecule has 1 aromatic rings. The number of ether oxygens (including phenoxy) is 1. The molecular weight excluding hydrogens is 266 g/mol. The van der Waals surface area contributed by atoms with Crippen molar-refractivity contribution in [3.05, 3.63) is 12.0 Å². The van der Waals surface area contributed by atoms with Crippen molar-refractivity contribution in [2.24, 2.45) is 0 Å². The topological polar surface area (TPSA) is 50.5 Å². The lowest BCUT2D eigenvalue weighted by molar-refractivity contribution is 0.127. The van der Waals surface area contributed by atoms with E-state index < -0.39 is 0 Å². The first-order valence-electron chi connectivity index (χ1n) is 7.77. The maximum absolute atomic E-state index is 5.60. The van der Waals surface area contributed by atoms with Crippen molar-refractivity contribution in [2.45, 2.75) is 72.6 Å². The van der Waals surface area contributed by atoms with Crippen molar-refractivity contribution < 1.29 is 9.15 Å². The maximum atomic E-state index is 5.60. The van der Waals surface area contributed by atoms with E-state index in [2.05, 4.69) is 63.7 Å². The fourth-order valence-corrected chi connectivity index (χ4v) is 2.14. The van der Waals surface area contributed by atoms with Crippen molar-refractivity contribution in [1.82, 2.24) is 15.2 Å². The van der Waals surface area contributed by atoms with E-state index in [1.165, 1.54) is 0 Å². The minimum atomic E-state index is 0.0645. The van der Waals surface area contributed by atoms with Crippen molar-refractivity contribution in [1.29, 1.82) is 0 Å². The molecule has 0 unspecified atom stereocenters. The van der Waals surface area contributed by atoms with Crippen LogP contribution in [0.2, 0.25) is 0 Å². The van der Waals surface area contributed by atoms with Crippen LogP contribution in [0.3, 0.4) is 0 Å². The Labute approximate surface area is 129 Å². The summed E-state index contributed by atoms with van der Waals surface area (Å²) >= 11 is 0. The largest absolute Gasteiger partial charge is 0.449 e. The Morgan fingerprint density at radius 3 is 2.38 bits per heavy atom. The molecule has 0 aliphatic heterocycles. The van der Waals surface area contributed by atoms with E-state index in [4.69, 9.17) is 9.15 Å². The van der Waals surface area contributed by atoms with Crippen molar-refractivity contribution in [2.75, 3.05) is 13.2 Å². The molecule has 1 aromatic heterocycles. The summed E-state index contributed by atoms with van der Waals surface area (Å²) < 4.78 is 10.9. The molecule has 0 saturated carbocycles. The van der Waals surface area contributed by atoms with Crippen LogP contribution in [0, 0.1) is 0 Å². The normalized spacial score (nSPS) is 12.7. The molecule has 0 saturated heterocycles. The highest BCUT2D eigenvalue weighted by molar-refractivity contribution is 5.00. The van der Waals surface area contributed by atoms with Crippen LogP contribution in [0.5, 0.6) is 6.08 Å². The number of hydrogen-bond donors (Lipinski definition) is 1. The van der Waals surface area contributed by atoms with Gasteiger partial charge in [-0.25, -0.2) is 0 Å². The molecule has 5 nitrogen and oxygen atoms in total. The Hall–Kier alpha value is -1.07. The molecule has 0 spiro atoms. The minimum Gasteiger partial charge on any atom is -0.449 e. The first kappa shape index (κ1) is 18.0. The molecule has 0 aliphatic rings. The predicted molar refractivity (Wildman–Crippen MR) is 85.6 cm³/mol. The summed E-state index contributed by atoms with van der Waals surface area (Å²) in [5, 5.41) is 3.37. The van der Waals surface area contributed by atoms with Gasteiger partial charge in [0.2, 0.25) is 0 Å².